The molecule has 5 heteroatoms. The van der Waals surface area contributed by atoms with Gasteiger partial charge in [-0.3, -0.25) is 0 Å². The quantitative estimate of drug-likeness (QED) is 0.272. The summed E-state index contributed by atoms with van der Waals surface area (Å²) in [6.07, 6.45) is 1.62. The lowest BCUT2D eigenvalue weighted by Crippen LogP contribution is -2.32. The Morgan fingerprint density at radius 1 is 0.889 bits per heavy atom. The first kappa shape index (κ1) is 23.0. The second kappa shape index (κ2) is 8.31. The van der Waals surface area contributed by atoms with Crippen molar-refractivity contribution in [2.75, 3.05) is 5.32 Å². The Bertz CT molecular complexity index is 1570. The van der Waals surface area contributed by atoms with E-state index in [1.807, 2.05) is 36.4 Å². The summed E-state index contributed by atoms with van der Waals surface area (Å²) in [6.45, 7) is 6.32. The van der Waals surface area contributed by atoms with E-state index in [0.717, 1.165) is 55.2 Å². The number of benzene rings is 4. The van der Waals surface area contributed by atoms with E-state index in [2.05, 4.69) is 72.4 Å². The molecule has 2 aliphatic heterocycles. The van der Waals surface area contributed by atoms with Crippen LogP contribution in [0.4, 0.5) is 14.5 Å². The van der Waals surface area contributed by atoms with E-state index in [-0.39, 0.29) is 11.3 Å². The maximum atomic E-state index is 15.0. The fraction of sp³-hybridized carbons (Fsp3) is 0.161. The summed E-state index contributed by atoms with van der Waals surface area (Å²) < 4.78 is 36.8. The molecule has 180 valence electrons. The highest BCUT2D eigenvalue weighted by atomic mass is 79.9. The number of halogens is 3. The van der Waals surface area contributed by atoms with Gasteiger partial charge < -0.3 is 10.1 Å². The van der Waals surface area contributed by atoms with Gasteiger partial charge in [-0.05, 0) is 78.9 Å². The predicted octanol–water partition coefficient (Wildman–Crippen LogP) is 9.15. The molecule has 2 aliphatic rings. The van der Waals surface area contributed by atoms with Gasteiger partial charge in [-0.15, -0.1) is 0 Å². The van der Waals surface area contributed by atoms with Gasteiger partial charge in [-0.25, -0.2) is 8.78 Å². The zero-order chi connectivity index (χ0) is 25.2. The first-order valence-corrected chi connectivity index (χ1v) is 12.7. The summed E-state index contributed by atoms with van der Waals surface area (Å²) in [5.41, 5.74) is 7.99. The second-order valence-corrected chi connectivity index (χ2v) is 10.9. The van der Waals surface area contributed by atoms with Crippen molar-refractivity contribution in [3.05, 3.63) is 112 Å². The van der Waals surface area contributed by atoms with Crippen LogP contribution in [0.3, 0.4) is 0 Å². The fourth-order valence-corrected chi connectivity index (χ4v) is 5.89. The van der Waals surface area contributed by atoms with Crippen LogP contribution in [0.5, 0.6) is 5.75 Å². The SMILES string of the molecule is CC1=CC(C)(C)Nc2ccc3c(c21)C(c1cccc(-c2cccc(Br)c2)c1)Oc1c(F)cc(F)cc1-3. The van der Waals surface area contributed by atoms with Crippen molar-refractivity contribution in [2.45, 2.75) is 32.4 Å². The summed E-state index contributed by atoms with van der Waals surface area (Å²) >= 11 is 3.55. The molecule has 1 unspecified atom stereocenters. The predicted molar refractivity (Wildman–Crippen MR) is 145 cm³/mol. The molecule has 2 nitrogen and oxygen atoms in total. The number of allylic oxidation sites excluding steroid dienone is 1. The van der Waals surface area contributed by atoms with Crippen molar-refractivity contribution in [1.29, 1.82) is 0 Å². The summed E-state index contributed by atoms with van der Waals surface area (Å²) in [7, 11) is 0. The lowest BCUT2D eigenvalue weighted by molar-refractivity contribution is 0.231. The van der Waals surface area contributed by atoms with Crippen LogP contribution in [-0.4, -0.2) is 5.54 Å². The van der Waals surface area contributed by atoms with Crippen molar-refractivity contribution >= 4 is 27.2 Å². The van der Waals surface area contributed by atoms with E-state index in [1.54, 1.807) is 0 Å². The smallest absolute Gasteiger partial charge is 0.168 e. The minimum absolute atomic E-state index is 0.0763. The second-order valence-electron chi connectivity index (χ2n) is 10.0. The van der Waals surface area contributed by atoms with Gasteiger partial charge >= 0.3 is 0 Å². The molecule has 6 rings (SSSR count). The monoisotopic (exact) mass is 543 g/mol. The van der Waals surface area contributed by atoms with Crippen LogP contribution in [0.2, 0.25) is 0 Å². The Morgan fingerprint density at radius 3 is 2.42 bits per heavy atom. The van der Waals surface area contributed by atoms with Gasteiger partial charge in [-0.1, -0.05) is 58.4 Å². The Morgan fingerprint density at radius 2 is 1.64 bits per heavy atom. The van der Waals surface area contributed by atoms with Crippen LogP contribution in [0.25, 0.3) is 27.8 Å². The third kappa shape index (κ3) is 3.82. The highest BCUT2D eigenvalue weighted by Gasteiger charge is 2.36. The molecule has 0 bridgehead atoms. The lowest BCUT2D eigenvalue weighted by Gasteiger charge is -2.37. The van der Waals surface area contributed by atoms with Crippen molar-refractivity contribution in [3.8, 4) is 28.0 Å². The number of nitrogens with one attached hydrogen (secondary N) is 1. The molecular formula is C31H24BrF2NO. The van der Waals surface area contributed by atoms with Crippen LogP contribution in [0.15, 0.2) is 83.3 Å². The van der Waals surface area contributed by atoms with Crippen LogP contribution < -0.4 is 10.1 Å². The van der Waals surface area contributed by atoms with Gasteiger partial charge in [0.25, 0.3) is 0 Å². The molecule has 0 saturated heterocycles. The van der Waals surface area contributed by atoms with E-state index in [4.69, 9.17) is 4.74 Å². The molecule has 0 spiro atoms. The Balaban J connectivity index is 1.60. The van der Waals surface area contributed by atoms with Gasteiger partial charge in [0.2, 0.25) is 0 Å². The molecule has 2 heterocycles. The highest BCUT2D eigenvalue weighted by Crippen LogP contribution is 2.51. The summed E-state index contributed by atoms with van der Waals surface area (Å²) in [4.78, 5) is 0. The molecule has 0 aliphatic carbocycles. The molecule has 0 aromatic heterocycles. The molecule has 0 fully saturated rings. The minimum atomic E-state index is -0.701. The zero-order valence-electron chi connectivity index (χ0n) is 20.1. The number of rotatable bonds is 2. The standard InChI is InChI=1S/C31H24BrF2NO/c1-17-16-31(2,3)35-26-11-10-23-24-14-22(33)15-25(34)30(24)36-29(28(23)27(17)26)20-8-4-6-18(12-20)19-7-5-9-21(32)13-19/h4-16,29,35H,1-3H3. The van der Waals surface area contributed by atoms with E-state index in [1.165, 1.54) is 6.07 Å². The molecular weight excluding hydrogens is 520 g/mol. The Kier molecular flexibility index (Phi) is 5.31. The first-order chi connectivity index (χ1) is 17.2. The van der Waals surface area contributed by atoms with E-state index >= 15 is 4.39 Å². The van der Waals surface area contributed by atoms with Gasteiger partial charge in [0.05, 0.1) is 5.54 Å². The summed E-state index contributed by atoms with van der Waals surface area (Å²) in [5, 5.41) is 3.59. The molecule has 4 aromatic rings. The average molecular weight is 544 g/mol. The third-order valence-corrected chi connectivity index (χ3v) is 7.31. The molecule has 0 radical (unpaired) electrons. The van der Waals surface area contributed by atoms with Gasteiger partial charge in [0.1, 0.15) is 5.82 Å². The number of fused-ring (bicyclic) bond motifs is 5. The Labute approximate surface area is 217 Å². The summed E-state index contributed by atoms with van der Waals surface area (Å²) in [6, 6.07) is 22.4. The lowest BCUT2D eigenvalue weighted by atomic mass is 9.80. The molecule has 4 aromatic carbocycles. The van der Waals surface area contributed by atoms with E-state index in [9.17, 15) is 4.39 Å². The van der Waals surface area contributed by atoms with Crippen molar-refractivity contribution < 1.29 is 13.5 Å². The molecule has 1 atom stereocenters. The van der Waals surface area contributed by atoms with Crippen LogP contribution >= 0.6 is 15.9 Å². The van der Waals surface area contributed by atoms with Gasteiger partial charge in [0.15, 0.2) is 17.7 Å². The minimum Gasteiger partial charge on any atom is -0.477 e. The van der Waals surface area contributed by atoms with Crippen LogP contribution in [0.1, 0.15) is 43.6 Å². The molecule has 0 saturated carbocycles. The molecule has 0 amide bonds. The Hall–Kier alpha value is -3.44. The van der Waals surface area contributed by atoms with Crippen molar-refractivity contribution in [2.24, 2.45) is 0 Å². The first-order valence-electron chi connectivity index (χ1n) is 11.9. The maximum absolute atomic E-state index is 15.0. The van der Waals surface area contributed by atoms with E-state index < -0.39 is 17.7 Å². The average Bonchev–Trinajstić information content (AvgIpc) is 2.82. The fourth-order valence-electron chi connectivity index (χ4n) is 5.49. The van der Waals surface area contributed by atoms with Gasteiger partial charge in [0, 0.05) is 32.9 Å². The number of ether oxygens (including phenoxy) is 1. The normalized spacial score (nSPS) is 17.2. The highest BCUT2D eigenvalue weighted by molar-refractivity contribution is 9.10. The van der Waals surface area contributed by atoms with Crippen molar-refractivity contribution in [1.82, 2.24) is 0 Å². The van der Waals surface area contributed by atoms with E-state index in [0.29, 0.717) is 5.56 Å². The maximum Gasteiger partial charge on any atom is 0.168 e. The topological polar surface area (TPSA) is 21.3 Å². The third-order valence-electron chi connectivity index (χ3n) is 6.82. The number of hydrogen-bond donors (Lipinski definition) is 1. The van der Waals surface area contributed by atoms with Gasteiger partial charge in [-0.2, -0.15) is 0 Å². The number of hydrogen-bond acceptors (Lipinski definition) is 2. The molecule has 36 heavy (non-hydrogen) atoms. The van der Waals surface area contributed by atoms with Crippen LogP contribution in [0, 0.1) is 11.6 Å². The largest absolute Gasteiger partial charge is 0.477 e. The number of anilines is 1. The van der Waals surface area contributed by atoms with Crippen LogP contribution in [-0.2, 0) is 0 Å². The zero-order valence-corrected chi connectivity index (χ0v) is 21.7. The molecule has 1 N–H and O–H groups in total. The van der Waals surface area contributed by atoms with Crippen molar-refractivity contribution in [3.63, 3.8) is 0 Å². The summed E-state index contributed by atoms with van der Waals surface area (Å²) in [5.74, 6) is -1.25.